The Morgan fingerprint density at radius 2 is 2.42 bits per heavy atom. The number of nitrogens with zero attached hydrogens (tertiary/aromatic N) is 1. The smallest absolute Gasteiger partial charge is 0.229 e. The van der Waals surface area contributed by atoms with Gasteiger partial charge in [-0.1, -0.05) is 5.16 Å². The van der Waals surface area contributed by atoms with Crippen molar-refractivity contribution in [3.05, 3.63) is 37.3 Å². The van der Waals surface area contributed by atoms with Crippen LogP contribution in [-0.4, -0.2) is 11.1 Å². The molecule has 0 atom stereocenters. The second-order valence-corrected chi connectivity index (χ2v) is 6.28. The molecule has 1 N–H and O–H groups in total. The van der Waals surface area contributed by atoms with E-state index in [4.69, 9.17) is 16.1 Å². The maximum atomic E-state index is 11.7. The molecule has 0 aliphatic heterocycles. The van der Waals surface area contributed by atoms with E-state index in [1.807, 2.05) is 18.4 Å². The normalized spacial score (nSPS) is 10.7. The van der Waals surface area contributed by atoms with E-state index in [2.05, 4.69) is 26.4 Å². The van der Waals surface area contributed by atoms with Gasteiger partial charge in [0.1, 0.15) is 0 Å². The Hall–Kier alpha value is -0.850. The molecule has 4 nitrogen and oxygen atoms in total. The van der Waals surface area contributed by atoms with Gasteiger partial charge in [-0.3, -0.25) is 4.79 Å². The van der Waals surface area contributed by atoms with Gasteiger partial charge in [0, 0.05) is 26.7 Å². The van der Waals surface area contributed by atoms with E-state index in [1.165, 1.54) is 0 Å². The molecule has 0 radical (unpaired) electrons. The fraction of sp³-hybridized carbons (Fsp3) is 0.333. The highest BCUT2D eigenvalue weighted by atomic mass is 79.9. The first-order valence-corrected chi connectivity index (χ1v) is 7.71. The molecule has 0 spiro atoms. The summed E-state index contributed by atoms with van der Waals surface area (Å²) in [6.07, 6.45) is 0.905. The van der Waals surface area contributed by atoms with Crippen molar-refractivity contribution in [2.75, 3.05) is 0 Å². The van der Waals surface area contributed by atoms with Crippen molar-refractivity contribution >= 4 is 44.8 Å². The van der Waals surface area contributed by atoms with Crippen LogP contribution in [0.5, 0.6) is 0 Å². The van der Waals surface area contributed by atoms with Gasteiger partial charge < -0.3 is 9.84 Å². The number of carbonyl (C=O) groups excluding carboxylic acids is 1. The zero-order valence-electron chi connectivity index (χ0n) is 10.2. The number of aromatic nitrogens is 1. The van der Waals surface area contributed by atoms with Crippen LogP contribution in [0.15, 0.2) is 20.4 Å². The molecule has 0 aliphatic carbocycles. The molecule has 0 saturated carbocycles. The average molecular weight is 364 g/mol. The molecule has 7 heteroatoms. The summed E-state index contributed by atoms with van der Waals surface area (Å²) in [5.74, 6) is -0.0128. The lowest BCUT2D eigenvalue weighted by molar-refractivity contribution is -0.121. The standard InChI is InChI=1S/C12H12BrClN2O2S/c1-7-10(12(14)18-16-7)2-3-11(17)15-5-9-4-8(13)6-19-9/h4,6H,2-3,5H2,1H3,(H,15,17). The molecule has 2 aromatic rings. The zero-order valence-corrected chi connectivity index (χ0v) is 13.4. The van der Waals surface area contributed by atoms with Crippen LogP contribution in [-0.2, 0) is 17.8 Å². The third-order valence-electron chi connectivity index (χ3n) is 2.62. The van der Waals surface area contributed by atoms with Crippen LogP contribution in [0.1, 0.15) is 22.6 Å². The Labute approximate surface area is 128 Å². The first kappa shape index (κ1) is 14.6. The van der Waals surface area contributed by atoms with Gasteiger partial charge in [-0.15, -0.1) is 11.3 Å². The van der Waals surface area contributed by atoms with Crippen LogP contribution in [0, 0.1) is 6.92 Å². The number of rotatable bonds is 5. The Morgan fingerprint density at radius 1 is 1.63 bits per heavy atom. The van der Waals surface area contributed by atoms with Crippen LogP contribution < -0.4 is 5.32 Å². The Kier molecular flexibility index (Phi) is 5.01. The topological polar surface area (TPSA) is 55.1 Å². The first-order chi connectivity index (χ1) is 9.06. The highest BCUT2D eigenvalue weighted by Crippen LogP contribution is 2.21. The molecule has 0 fully saturated rings. The third kappa shape index (κ3) is 4.06. The van der Waals surface area contributed by atoms with Crippen LogP contribution in [0.3, 0.4) is 0 Å². The average Bonchev–Trinajstić information content (AvgIpc) is 2.92. The summed E-state index contributed by atoms with van der Waals surface area (Å²) >= 11 is 10.8. The van der Waals surface area contributed by atoms with Crippen molar-refractivity contribution in [1.82, 2.24) is 10.5 Å². The minimum Gasteiger partial charge on any atom is -0.351 e. The SMILES string of the molecule is Cc1noc(Cl)c1CCC(=O)NCc1cc(Br)cs1. The number of hydrogen-bond donors (Lipinski definition) is 1. The van der Waals surface area contributed by atoms with Crippen molar-refractivity contribution in [2.24, 2.45) is 0 Å². The highest BCUT2D eigenvalue weighted by molar-refractivity contribution is 9.10. The summed E-state index contributed by atoms with van der Waals surface area (Å²) in [7, 11) is 0. The molecular formula is C12H12BrClN2O2S. The van der Waals surface area contributed by atoms with Crippen molar-refractivity contribution < 1.29 is 9.32 Å². The molecule has 0 saturated heterocycles. The predicted octanol–water partition coefficient (Wildman–Crippen LogP) is 3.71. The largest absolute Gasteiger partial charge is 0.351 e. The fourth-order valence-corrected chi connectivity index (χ4v) is 3.26. The van der Waals surface area contributed by atoms with Gasteiger partial charge in [0.2, 0.25) is 11.1 Å². The van der Waals surface area contributed by atoms with E-state index in [9.17, 15) is 4.79 Å². The number of carbonyl (C=O) groups is 1. The number of amides is 1. The van der Waals surface area contributed by atoms with Crippen molar-refractivity contribution in [3.63, 3.8) is 0 Å². The molecule has 102 valence electrons. The Morgan fingerprint density at radius 3 is 3.00 bits per heavy atom. The molecule has 19 heavy (non-hydrogen) atoms. The summed E-state index contributed by atoms with van der Waals surface area (Å²) in [5, 5.41) is 8.88. The molecule has 0 bridgehead atoms. The highest BCUT2D eigenvalue weighted by Gasteiger charge is 2.12. The second-order valence-electron chi connectivity index (χ2n) is 4.03. The van der Waals surface area contributed by atoms with Gasteiger partial charge >= 0.3 is 0 Å². The second kappa shape index (κ2) is 6.54. The van der Waals surface area contributed by atoms with Crippen molar-refractivity contribution in [2.45, 2.75) is 26.3 Å². The Balaban J connectivity index is 1.79. The third-order valence-corrected chi connectivity index (χ3v) is 4.62. The lowest BCUT2D eigenvalue weighted by Gasteiger charge is -2.03. The molecule has 0 unspecified atom stereocenters. The fourth-order valence-electron chi connectivity index (χ4n) is 1.60. The van der Waals surface area contributed by atoms with Crippen LogP contribution in [0.4, 0.5) is 0 Å². The summed E-state index contributed by atoms with van der Waals surface area (Å²) in [6.45, 7) is 2.36. The quantitative estimate of drug-likeness (QED) is 0.881. The van der Waals surface area contributed by atoms with Gasteiger partial charge in [0.25, 0.3) is 0 Å². The molecule has 2 heterocycles. The lowest BCUT2D eigenvalue weighted by atomic mass is 10.1. The summed E-state index contributed by atoms with van der Waals surface area (Å²) < 4.78 is 5.88. The van der Waals surface area contributed by atoms with E-state index in [-0.39, 0.29) is 11.1 Å². The van der Waals surface area contributed by atoms with Gasteiger partial charge in [-0.05, 0) is 46.9 Å². The lowest BCUT2D eigenvalue weighted by Crippen LogP contribution is -2.22. The van der Waals surface area contributed by atoms with Gasteiger partial charge in [0.05, 0.1) is 12.2 Å². The predicted molar refractivity (Wildman–Crippen MR) is 78.4 cm³/mol. The van der Waals surface area contributed by atoms with E-state index in [1.54, 1.807) is 11.3 Å². The monoisotopic (exact) mass is 362 g/mol. The summed E-state index contributed by atoms with van der Waals surface area (Å²) in [4.78, 5) is 12.8. The van der Waals surface area contributed by atoms with Gasteiger partial charge in [-0.25, -0.2) is 0 Å². The number of aryl methyl sites for hydroxylation is 1. The maximum Gasteiger partial charge on any atom is 0.229 e. The first-order valence-electron chi connectivity index (χ1n) is 5.66. The van der Waals surface area contributed by atoms with Crippen molar-refractivity contribution in [1.29, 1.82) is 0 Å². The van der Waals surface area contributed by atoms with E-state index in [0.29, 0.717) is 19.4 Å². The van der Waals surface area contributed by atoms with Crippen LogP contribution >= 0.6 is 38.9 Å². The molecule has 2 aromatic heterocycles. The zero-order chi connectivity index (χ0) is 13.8. The minimum atomic E-state index is -0.0128. The molecule has 0 aliphatic rings. The van der Waals surface area contributed by atoms with E-state index < -0.39 is 0 Å². The van der Waals surface area contributed by atoms with Crippen LogP contribution in [0.25, 0.3) is 0 Å². The number of hydrogen-bond acceptors (Lipinski definition) is 4. The Bertz CT molecular complexity index is 563. The number of nitrogens with one attached hydrogen (secondary N) is 1. The molecule has 0 aromatic carbocycles. The summed E-state index contributed by atoms with van der Waals surface area (Å²) in [5.41, 5.74) is 1.54. The number of halogens is 2. The summed E-state index contributed by atoms with van der Waals surface area (Å²) in [6, 6.07) is 1.99. The van der Waals surface area contributed by atoms with Gasteiger partial charge in [-0.2, -0.15) is 0 Å². The maximum absolute atomic E-state index is 11.7. The molecule has 1 amide bonds. The van der Waals surface area contributed by atoms with Gasteiger partial charge in [0.15, 0.2) is 0 Å². The van der Waals surface area contributed by atoms with Crippen molar-refractivity contribution in [3.8, 4) is 0 Å². The molecular weight excluding hydrogens is 352 g/mol. The number of thiophene rings is 1. The van der Waals surface area contributed by atoms with Crippen LogP contribution in [0.2, 0.25) is 5.22 Å². The van der Waals surface area contributed by atoms with E-state index in [0.717, 1.165) is 20.6 Å². The molecule has 2 rings (SSSR count). The minimum absolute atomic E-state index is 0.0128. The van der Waals surface area contributed by atoms with E-state index >= 15 is 0 Å².